The van der Waals surface area contributed by atoms with Crippen molar-refractivity contribution in [2.75, 3.05) is 0 Å². The maximum atomic E-state index is 13.3. The Hall–Kier alpha value is -4.67. The molecule has 2 aromatic carbocycles. The predicted octanol–water partition coefficient (Wildman–Crippen LogP) is 2.87. The molecule has 0 fully saturated rings. The zero-order chi connectivity index (χ0) is 25.2. The summed E-state index contributed by atoms with van der Waals surface area (Å²) in [4.78, 5) is 59.4. The SMILES string of the molecule is CC(=O)Oc1ccc(-c2oc3cc(O)cc(OC(C)=O)c3c(=O)c2OC(C)=O)cc1OC(C)=O. The van der Waals surface area contributed by atoms with Crippen LogP contribution in [0.3, 0.4) is 0 Å². The Morgan fingerprint density at radius 1 is 0.735 bits per heavy atom. The van der Waals surface area contributed by atoms with E-state index in [9.17, 15) is 29.1 Å². The predicted molar refractivity (Wildman–Crippen MR) is 115 cm³/mol. The van der Waals surface area contributed by atoms with E-state index in [1.807, 2.05) is 0 Å². The number of hydrogen-bond acceptors (Lipinski definition) is 11. The maximum Gasteiger partial charge on any atom is 0.308 e. The van der Waals surface area contributed by atoms with Crippen molar-refractivity contribution < 1.29 is 47.6 Å². The van der Waals surface area contributed by atoms with Crippen LogP contribution in [-0.4, -0.2) is 29.0 Å². The van der Waals surface area contributed by atoms with Crippen molar-refractivity contribution in [1.29, 1.82) is 0 Å². The Morgan fingerprint density at radius 2 is 1.29 bits per heavy atom. The fourth-order valence-electron chi connectivity index (χ4n) is 3.04. The molecular formula is C23H18O11. The largest absolute Gasteiger partial charge is 0.508 e. The summed E-state index contributed by atoms with van der Waals surface area (Å²) in [5, 5.41) is 9.75. The minimum Gasteiger partial charge on any atom is -0.508 e. The summed E-state index contributed by atoms with van der Waals surface area (Å²) in [6.07, 6.45) is 0. The smallest absolute Gasteiger partial charge is 0.308 e. The van der Waals surface area contributed by atoms with Gasteiger partial charge in [-0.15, -0.1) is 0 Å². The first-order valence-electron chi connectivity index (χ1n) is 9.68. The lowest BCUT2D eigenvalue weighted by atomic mass is 10.1. The van der Waals surface area contributed by atoms with E-state index in [1.165, 1.54) is 18.2 Å². The van der Waals surface area contributed by atoms with Gasteiger partial charge in [0.1, 0.15) is 22.5 Å². The summed E-state index contributed by atoms with van der Waals surface area (Å²) in [6, 6.07) is 6.00. The first kappa shape index (κ1) is 24.0. The minimum atomic E-state index is -0.874. The summed E-state index contributed by atoms with van der Waals surface area (Å²) < 4.78 is 26.0. The molecule has 0 saturated heterocycles. The number of benzene rings is 2. The molecule has 0 unspecified atom stereocenters. The fraction of sp³-hybridized carbons (Fsp3) is 0.174. The third-order valence-corrected chi connectivity index (χ3v) is 4.12. The van der Waals surface area contributed by atoms with E-state index in [0.29, 0.717) is 0 Å². The number of fused-ring (bicyclic) bond motifs is 1. The van der Waals surface area contributed by atoms with Crippen LogP contribution in [0.15, 0.2) is 39.5 Å². The molecule has 0 aliphatic rings. The van der Waals surface area contributed by atoms with Crippen molar-refractivity contribution in [3.05, 3.63) is 40.6 Å². The normalized spacial score (nSPS) is 10.5. The van der Waals surface area contributed by atoms with Crippen molar-refractivity contribution in [2.24, 2.45) is 0 Å². The van der Waals surface area contributed by atoms with E-state index < -0.39 is 35.1 Å². The third-order valence-electron chi connectivity index (χ3n) is 4.12. The molecular weight excluding hydrogens is 452 g/mol. The Labute approximate surface area is 191 Å². The van der Waals surface area contributed by atoms with E-state index in [1.54, 1.807) is 0 Å². The summed E-state index contributed by atoms with van der Waals surface area (Å²) in [5.74, 6) is -4.76. The van der Waals surface area contributed by atoms with Gasteiger partial charge in [0.25, 0.3) is 0 Å². The number of phenols is 1. The average molecular weight is 470 g/mol. The lowest BCUT2D eigenvalue weighted by molar-refractivity contribution is -0.134. The van der Waals surface area contributed by atoms with Gasteiger partial charge in [-0.3, -0.25) is 24.0 Å². The van der Waals surface area contributed by atoms with Crippen LogP contribution in [0.25, 0.3) is 22.3 Å². The van der Waals surface area contributed by atoms with Crippen LogP contribution < -0.4 is 24.4 Å². The highest BCUT2D eigenvalue weighted by Gasteiger charge is 2.24. The monoisotopic (exact) mass is 470 g/mol. The highest BCUT2D eigenvalue weighted by Crippen LogP contribution is 2.39. The highest BCUT2D eigenvalue weighted by atomic mass is 16.6. The molecule has 0 radical (unpaired) electrons. The molecule has 3 aromatic rings. The average Bonchev–Trinajstić information content (AvgIpc) is 2.69. The van der Waals surface area contributed by atoms with Crippen molar-refractivity contribution in [3.63, 3.8) is 0 Å². The Morgan fingerprint density at radius 3 is 1.88 bits per heavy atom. The first-order valence-corrected chi connectivity index (χ1v) is 9.68. The van der Waals surface area contributed by atoms with Gasteiger partial charge in [-0.25, -0.2) is 0 Å². The van der Waals surface area contributed by atoms with E-state index in [4.69, 9.17) is 23.4 Å². The lowest BCUT2D eigenvalue weighted by Crippen LogP contribution is -2.15. The summed E-state index contributed by atoms with van der Waals surface area (Å²) >= 11 is 0. The number of ether oxygens (including phenoxy) is 4. The molecule has 1 heterocycles. The quantitative estimate of drug-likeness (QED) is 0.432. The van der Waals surface area contributed by atoms with Crippen LogP contribution >= 0.6 is 0 Å². The van der Waals surface area contributed by atoms with Gasteiger partial charge >= 0.3 is 23.9 Å². The number of phenolic OH excluding ortho intramolecular Hbond substituents is 1. The molecule has 11 heteroatoms. The summed E-state index contributed by atoms with van der Waals surface area (Å²) in [5.41, 5.74) is -0.967. The maximum absolute atomic E-state index is 13.3. The van der Waals surface area contributed by atoms with Gasteiger partial charge < -0.3 is 28.5 Å². The second-order valence-electron chi connectivity index (χ2n) is 6.94. The van der Waals surface area contributed by atoms with Crippen molar-refractivity contribution in [1.82, 2.24) is 0 Å². The number of esters is 4. The second kappa shape index (κ2) is 9.45. The minimum absolute atomic E-state index is 0.0848. The zero-order valence-electron chi connectivity index (χ0n) is 18.4. The van der Waals surface area contributed by atoms with E-state index in [0.717, 1.165) is 39.8 Å². The molecule has 176 valence electrons. The van der Waals surface area contributed by atoms with Crippen LogP contribution in [0.2, 0.25) is 0 Å². The van der Waals surface area contributed by atoms with Crippen molar-refractivity contribution >= 4 is 34.8 Å². The highest BCUT2D eigenvalue weighted by molar-refractivity contribution is 5.91. The molecule has 3 rings (SSSR count). The molecule has 0 aliphatic heterocycles. The molecule has 0 aliphatic carbocycles. The fourth-order valence-corrected chi connectivity index (χ4v) is 3.04. The standard InChI is InChI=1S/C23H18O11/c1-10(24)30-16-6-5-14(7-17(16)31-11(2)25)22-23(33-13(4)27)21(29)20-18(32-12(3)26)8-15(28)9-19(20)34-22/h5-9,28H,1-4H3. The number of hydrogen-bond donors (Lipinski definition) is 1. The summed E-state index contributed by atoms with van der Waals surface area (Å²) in [7, 11) is 0. The van der Waals surface area contributed by atoms with Crippen LogP contribution in [0.5, 0.6) is 28.7 Å². The molecule has 0 spiro atoms. The van der Waals surface area contributed by atoms with Crippen LogP contribution in [-0.2, 0) is 19.2 Å². The van der Waals surface area contributed by atoms with Crippen molar-refractivity contribution in [3.8, 4) is 40.1 Å². The van der Waals surface area contributed by atoms with Crippen LogP contribution in [0.4, 0.5) is 0 Å². The second-order valence-corrected chi connectivity index (χ2v) is 6.94. The van der Waals surface area contributed by atoms with Crippen molar-refractivity contribution in [2.45, 2.75) is 27.7 Å². The van der Waals surface area contributed by atoms with Gasteiger partial charge in [-0.2, -0.15) is 0 Å². The Bertz CT molecular complexity index is 1400. The number of carbonyl (C=O) groups excluding carboxylic acids is 4. The van der Waals surface area contributed by atoms with Crippen LogP contribution in [0, 0.1) is 0 Å². The van der Waals surface area contributed by atoms with Crippen LogP contribution in [0.1, 0.15) is 27.7 Å². The molecule has 0 saturated carbocycles. The Balaban J connectivity index is 2.34. The zero-order valence-corrected chi connectivity index (χ0v) is 18.4. The van der Waals surface area contributed by atoms with E-state index in [-0.39, 0.29) is 45.3 Å². The van der Waals surface area contributed by atoms with E-state index in [2.05, 4.69) is 0 Å². The van der Waals surface area contributed by atoms with Gasteiger partial charge in [0.15, 0.2) is 17.3 Å². The molecule has 34 heavy (non-hydrogen) atoms. The van der Waals surface area contributed by atoms with E-state index >= 15 is 0 Å². The molecule has 1 aromatic heterocycles. The van der Waals surface area contributed by atoms with Gasteiger partial charge in [0.2, 0.25) is 11.2 Å². The topological polar surface area (TPSA) is 156 Å². The molecule has 0 bridgehead atoms. The van der Waals surface area contributed by atoms with Gasteiger partial charge in [0, 0.05) is 45.4 Å². The molecule has 1 N–H and O–H groups in total. The molecule has 11 nitrogen and oxygen atoms in total. The first-order chi connectivity index (χ1) is 16.0. The lowest BCUT2D eigenvalue weighted by Gasteiger charge is -2.14. The molecule has 0 amide bonds. The number of aromatic hydroxyl groups is 1. The number of rotatable bonds is 5. The third kappa shape index (κ3) is 5.21. The Kier molecular flexibility index (Phi) is 6.66. The van der Waals surface area contributed by atoms with Gasteiger partial charge in [0.05, 0.1) is 0 Å². The van der Waals surface area contributed by atoms with Gasteiger partial charge in [-0.05, 0) is 18.2 Å². The summed E-state index contributed by atoms with van der Waals surface area (Å²) in [6.45, 7) is 4.44. The number of carbonyl (C=O) groups is 4. The molecule has 0 atom stereocenters. The van der Waals surface area contributed by atoms with Gasteiger partial charge in [-0.1, -0.05) is 0 Å².